The molecule has 0 N–H and O–H groups in total. The van der Waals surface area contributed by atoms with Crippen molar-refractivity contribution in [3.05, 3.63) is 71.6 Å². The molecule has 24 heavy (non-hydrogen) atoms. The first-order valence-electron chi connectivity index (χ1n) is 7.44. The van der Waals surface area contributed by atoms with Crippen LogP contribution >= 0.6 is 0 Å². The number of amides is 1. The lowest BCUT2D eigenvalue weighted by molar-refractivity contribution is 0.0980. The second kappa shape index (κ2) is 6.49. The highest BCUT2D eigenvalue weighted by Crippen LogP contribution is 2.27. The van der Waals surface area contributed by atoms with Crippen LogP contribution in [0.4, 0.5) is 5.69 Å². The van der Waals surface area contributed by atoms with E-state index in [1.807, 2.05) is 18.2 Å². The molecule has 6 heteroatoms. The molecule has 0 spiro atoms. The van der Waals surface area contributed by atoms with Crippen LogP contribution in [0.2, 0.25) is 0 Å². The molecule has 1 aliphatic heterocycles. The molecule has 1 heterocycles. The van der Waals surface area contributed by atoms with Gasteiger partial charge in [0.1, 0.15) is 5.75 Å². The Balaban J connectivity index is 2.05. The van der Waals surface area contributed by atoms with Gasteiger partial charge in [-0.2, -0.15) is 0 Å². The number of benzene rings is 2. The zero-order valence-corrected chi connectivity index (χ0v) is 13.9. The fraction of sp³-hybridized carbons (Fsp3) is 0.167. The highest BCUT2D eigenvalue weighted by molar-refractivity contribution is 7.94. The Morgan fingerprint density at radius 1 is 1.08 bits per heavy atom. The predicted octanol–water partition coefficient (Wildman–Crippen LogP) is 2.65. The Morgan fingerprint density at radius 3 is 2.38 bits per heavy atom. The second-order valence-electron chi connectivity index (χ2n) is 5.44. The van der Waals surface area contributed by atoms with Gasteiger partial charge < -0.3 is 9.64 Å². The van der Waals surface area contributed by atoms with Crippen LogP contribution in [-0.4, -0.2) is 33.2 Å². The number of hydrogen-bond acceptors (Lipinski definition) is 4. The SMILES string of the molecule is COc1ccccc1C(=O)N(c1ccccc1)C1C=CS(=O)(=O)C1. The highest BCUT2D eigenvalue weighted by Gasteiger charge is 2.32. The highest BCUT2D eigenvalue weighted by atomic mass is 32.2. The molecule has 3 rings (SSSR count). The first-order chi connectivity index (χ1) is 11.5. The first kappa shape index (κ1) is 16.3. The third kappa shape index (κ3) is 3.19. The van der Waals surface area contributed by atoms with Crippen molar-refractivity contribution >= 4 is 21.4 Å². The molecular formula is C18H17NO4S. The largest absolute Gasteiger partial charge is 0.496 e. The van der Waals surface area contributed by atoms with Gasteiger partial charge >= 0.3 is 0 Å². The number of anilines is 1. The maximum absolute atomic E-state index is 13.1. The number of carbonyl (C=O) groups is 1. The number of para-hydroxylation sites is 2. The number of nitrogens with zero attached hydrogens (tertiary/aromatic N) is 1. The zero-order chi connectivity index (χ0) is 17.2. The Morgan fingerprint density at radius 2 is 1.75 bits per heavy atom. The van der Waals surface area contributed by atoms with Gasteiger partial charge in [-0.1, -0.05) is 30.3 Å². The van der Waals surface area contributed by atoms with Crippen molar-refractivity contribution < 1.29 is 17.9 Å². The van der Waals surface area contributed by atoms with E-state index in [0.717, 1.165) is 0 Å². The average molecular weight is 343 g/mol. The van der Waals surface area contributed by atoms with E-state index in [9.17, 15) is 13.2 Å². The van der Waals surface area contributed by atoms with E-state index in [1.165, 1.54) is 17.4 Å². The van der Waals surface area contributed by atoms with Crippen molar-refractivity contribution in [1.29, 1.82) is 0 Å². The molecule has 0 bridgehead atoms. The van der Waals surface area contributed by atoms with E-state index in [2.05, 4.69) is 0 Å². The summed E-state index contributed by atoms with van der Waals surface area (Å²) in [5.41, 5.74) is 1.03. The van der Waals surface area contributed by atoms with Gasteiger partial charge in [0.2, 0.25) is 0 Å². The fourth-order valence-electron chi connectivity index (χ4n) is 2.72. The van der Waals surface area contributed by atoms with Crippen LogP contribution in [0.15, 0.2) is 66.1 Å². The standard InChI is InChI=1S/C18H17NO4S/c1-23-17-10-6-5-9-16(17)18(20)19(14-7-3-2-4-8-14)15-11-12-24(21,22)13-15/h2-12,15H,13H2,1H3. The number of carbonyl (C=O) groups excluding carboxylic acids is 1. The van der Waals surface area contributed by atoms with Gasteiger partial charge in [-0.25, -0.2) is 8.42 Å². The lowest BCUT2D eigenvalue weighted by atomic mass is 10.1. The Bertz CT molecular complexity index is 875. The quantitative estimate of drug-likeness (QED) is 0.856. The number of methoxy groups -OCH3 is 1. The van der Waals surface area contributed by atoms with Crippen molar-refractivity contribution in [3.8, 4) is 5.75 Å². The summed E-state index contributed by atoms with van der Waals surface area (Å²) < 4.78 is 28.9. The summed E-state index contributed by atoms with van der Waals surface area (Å²) in [5.74, 6) is 0.0293. The normalized spacial score (nSPS) is 18.3. The van der Waals surface area contributed by atoms with Gasteiger partial charge in [0.05, 0.1) is 24.5 Å². The molecule has 0 saturated carbocycles. The molecule has 124 valence electrons. The van der Waals surface area contributed by atoms with Gasteiger partial charge in [-0.15, -0.1) is 0 Å². The van der Waals surface area contributed by atoms with E-state index in [1.54, 1.807) is 42.5 Å². The number of ether oxygens (including phenoxy) is 1. The predicted molar refractivity (Wildman–Crippen MR) is 93.0 cm³/mol. The van der Waals surface area contributed by atoms with Gasteiger partial charge in [0, 0.05) is 11.1 Å². The molecule has 0 aromatic heterocycles. The molecule has 0 radical (unpaired) electrons. The lowest BCUT2D eigenvalue weighted by Crippen LogP contribution is -2.41. The van der Waals surface area contributed by atoms with Crippen molar-refractivity contribution in [2.75, 3.05) is 17.8 Å². The third-order valence-corrected chi connectivity index (χ3v) is 5.21. The minimum absolute atomic E-state index is 0.122. The van der Waals surface area contributed by atoms with Crippen LogP contribution in [-0.2, 0) is 9.84 Å². The van der Waals surface area contributed by atoms with Crippen molar-refractivity contribution in [3.63, 3.8) is 0 Å². The molecule has 2 aromatic carbocycles. The van der Waals surface area contributed by atoms with Gasteiger partial charge in [0.15, 0.2) is 9.84 Å². The van der Waals surface area contributed by atoms with Crippen LogP contribution in [0.25, 0.3) is 0 Å². The zero-order valence-electron chi connectivity index (χ0n) is 13.1. The average Bonchev–Trinajstić information content (AvgIpc) is 2.95. The maximum Gasteiger partial charge on any atom is 0.262 e. The molecule has 5 nitrogen and oxygen atoms in total. The summed E-state index contributed by atoms with van der Waals surface area (Å²) in [7, 11) is -1.79. The summed E-state index contributed by atoms with van der Waals surface area (Å²) in [6.07, 6.45) is 1.55. The van der Waals surface area contributed by atoms with Gasteiger partial charge in [-0.3, -0.25) is 4.79 Å². The molecule has 1 amide bonds. The minimum Gasteiger partial charge on any atom is -0.496 e. The molecule has 0 fully saturated rings. The van der Waals surface area contributed by atoms with Crippen molar-refractivity contribution in [2.24, 2.45) is 0 Å². The molecule has 1 unspecified atom stereocenters. The summed E-state index contributed by atoms with van der Waals surface area (Å²) in [6, 6.07) is 15.4. The molecule has 2 aromatic rings. The molecular weight excluding hydrogens is 326 g/mol. The topological polar surface area (TPSA) is 63.7 Å². The fourth-order valence-corrected chi connectivity index (χ4v) is 3.99. The van der Waals surface area contributed by atoms with E-state index in [4.69, 9.17) is 4.74 Å². The molecule has 0 saturated heterocycles. The third-order valence-electron chi connectivity index (χ3n) is 3.83. The first-order valence-corrected chi connectivity index (χ1v) is 9.16. The van der Waals surface area contributed by atoms with Crippen molar-refractivity contribution in [1.82, 2.24) is 0 Å². The summed E-state index contributed by atoms with van der Waals surface area (Å²) >= 11 is 0. The molecule has 1 aliphatic rings. The van der Waals surface area contributed by atoms with Crippen LogP contribution in [0.5, 0.6) is 5.75 Å². The number of rotatable bonds is 4. The van der Waals surface area contributed by atoms with Crippen LogP contribution < -0.4 is 9.64 Å². The van der Waals surface area contributed by atoms with Gasteiger partial charge in [-0.05, 0) is 30.3 Å². The van der Waals surface area contributed by atoms with Crippen LogP contribution in [0.1, 0.15) is 10.4 Å². The minimum atomic E-state index is -3.29. The second-order valence-corrected chi connectivity index (χ2v) is 7.37. The summed E-state index contributed by atoms with van der Waals surface area (Å²) in [4.78, 5) is 14.6. The molecule has 1 atom stereocenters. The van der Waals surface area contributed by atoms with E-state index < -0.39 is 15.9 Å². The van der Waals surface area contributed by atoms with Crippen molar-refractivity contribution in [2.45, 2.75) is 6.04 Å². The Labute approximate surface area is 141 Å². The Hall–Kier alpha value is -2.60. The van der Waals surface area contributed by atoms with E-state index >= 15 is 0 Å². The summed E-state index contributed by atoms with van der Waals surface area (Å²) in [6.45, 7) is 0. The number of sulfone groups is 1. The van der Waals surface area contributed by atoms with Gasteiger partial charge in [0.25, 0.3) is 5.91 Å². The van der Waals surface area contributed by atoms with Crippen LogP contribution in [0, 0.1) is 0 Å². The Kier molecular flexibility index (Phi) is 4.40. The lowest BCUT2D eigenvalue weighted by Gasteiger charge is -2.28. The van der Waals surface area contributed by atoms with E-state index in [0.29, 0.717) is 17.0 Å². The smallest absolute Gasteiger partial charge is 0.262 e. The monoisotopic (exact) mass is 343 g/mol. The summed E-state index contributed by atoms with van der Waals surface area (Å²) in [5, 5.41) is 1.17. The maximum atomic E-state index is 13.1. The van der Waals surface area contributed by atoms with Crippen LogP contribution in [0.3, 0.4) is 0 Å². The van der Waals surface area contributed by atoms with E-state index in [-0.39, 0.29) is 11.7 Å². The number of hydrogen-bond donors (Lipinski definition) is 0. The molecule has 0 aliphatic carbocycles.